The first-order chi connectivity index (χ1) is 21.6. The minimum absolute atomic E-state index is 0.00965. The Morgan fingerprint density at radius 1 is 1.13 bits per heavy atom. The zero-order valence-corrected chi connectivity index (χ0v) is 25.9. The zero-order valence-electron chi connectivity index (χ0n) is 25.0. The van der Waals surface area contributed by atoms with Gasteiger partial charge in [-0.1, -0.05) is 44.0 Å². The Balaban J connectivity index is 1.74. The number of hydrogen-bond donors (Lipinski definition) is 2. The van der Waals surface area contributed by atoms with Gasteiger partial charge in [0, 0.05) is 22.9 Å². The summed E-state index contributed by atoms with van der Waals surface area (Å²) in [6.45, 7) is 5.07. The maximum atomic E-state index is 16.1. The van der Waals surface area contributed by atoms with Crippen LogP contribution in [0.15, 0.2) is 71.3 Å². The van der Waals surface area contributed by atoms with Crippen LogP contribution in [0.1, 0.15) is 44.4 Å². The molecule has 3 aromatic rings. The molecule has 2 aliphatic rings. The number of benzene rings is 3. The van der Waals surface area contributed by atoms with Crippen LogP contribution >= 0.6 is 0 Å². The van der Waals surface area contributed by atoms with Crippen molar-refractivity contribution in [2.45, 2.75) is 46.0 Å². The van der Waals surface area contributed by atoms with Gasteiger partial charge in [0.25, 0.3) is 0 Å². The number of para-hydroxylation sites is 2. The number of carbonyl (C=O) groups excluding carboxylic acids is 1. The predicted octanol–water partition coefficient (Wildman–Crippen LogP) is 6.63. The minimum Gasteiger partial charge on any atom is -0.506 e. The van der Waals surface area contributed by atoms with Crippen LogP contribution in [-0.2, 0) is 21.1 Å². The van der Waals surface area contributed by atoms with Crippen molar-refractivity contribution in [3.8, 4) is 29.1 Å². The number of ether oxygens (including phenoxy) is 2. The van der Waals surface area contributed by atoms with Gasteiger partial charge in [0.15, 0.2) is 9.84 Å². The van der Waals surface area contributed by atoms with Gasteiger partial charge in [0.2, 0.25) is 5.91 Å². The molecule has 0 saturated carbocycles. The van der Waals surface area contributed by atoms with Gasteiger partial charge in [-0.15, -0.1) is 19.1 Å². The summed E-state index contributed by atoms with van der Waals surface area (Å²) in [5.74, 6) is 2.38. The summed E-state index contributed by atoms with van der Waals surface area (Å²) in [4.78, 5) is 15.1. The van der Waals surface area contributed by atoms with Crippen molar-refractivity contribution in [3.63, 3.8) is 0 Å². The molecule has 1 atom stereocenters. The first kappa shape index (κ1) is 32.7. The van der Waals surface area contributed by atoms with E-state index in [0.29, 0.717) is 0 Å². The molecule has 8 nitrogen and oxygen atoms in total. The normalized spacial score (nSPS) is 18.2. The van der Waals surface area contributed by atoms with Crippen molar-refractivity contribution in [2.75, 3.05) is 22.6 Å². The van der Waals surface area contributed by atoms with Crippen LogP contribution < -0.4 is 19.7 Å². The van der Waals surface area contributed by atoms with E-state index in [4.69, 9.17) is 4.74 Å². The molecule has 242 valence electrons. The molecular weight excluding hydrogens is 628 g/mol. The molecule has 2 heterocycles. The van der Waals surface area contributed by atoms with Crippen molar-refractivity contribution >= 4 is 27.1 Å². The summed E-state index contributed by atoms with van der Waals surface area (Å²) in [6.07, 6.45) is -5.58. The number of amides is 1. The van der Waals surface area contributed by atoms with Crippen LogP contribution in [0.25, 0.3) is 0 Å². The summed E-state index contributed by atoms with van der Waals surface area (Å²) in [5, 5.41) is 13.9. The number of nitrogens with zero attached hydrogens (tertiary/aromatic N) is 1. The second-order valence-electron chi connectivity index (χ2n) is 11.6. The lowest BCUT2D eigenvalue weighted by atomic mass is 9.88. The van der Waals surface area contributed by atoms with Gasteiger partial charge in [-0.3, -0.25) is 9.69 Å². The monoisotopic (exact) mass is 658 g/mol. The first-order valence-electron chi connectivity index (χ1n) is 14.1. The summed E-state index contributed by atoms with van der Waals surface area (Å²) >= 11 is 0. The fourth-order valence-corrected chi connectivity index (χ4v) is 8.15. The van der Waals surface area contributed by atoms with Crippen LogP contribution in [0.2, 0.25) is 0 Å². The molecule has 1 unspecified atom stereocenters. The lowest BCUT2D eigenvalue weighted by Gasteiger charge is -2.37. The number of nitrogens with one attached hydrogen (secondary N) is 1. The van der Waals surface area contributed by atoms with Gasteiger partial charge in [-0.05, 0) is 49.1 Å². The second kappa shape index (κ2) is 12.2. The van der Waals surface area contributed by atoms with Crippen LogP contribution in [0, 0.1) is 23.1 Å². The Bertz CT molecular complexity index is 1890. The van der Waals surface area contributed by atoms with Gasteiger partial charge < -0.3 is 19.9 Å². The highest BCUT2D eigenvalue weighted by molar-refractivity contribution is 7.95. The SMILES string of the molecule is CC#CCOc1ccc(C2C3=C(CC(C)(C)CS3(=O)=O)Nc3c(O)cccc3N2C(=O)Cc2ccccc2OC(F)(F)F)c(F)c1. The number of sulfone groups is 1. The van der Waals surface area contributed by atoms with Crippen LogP contribution in [0.3, 0.4) is 0 Å². The molecule has 0 spiro atoms. The largest absolute Gasteiger partial charge is 0.573 e. The third-order valence-electron chi connectivity index (χ3n) is 7.49. The number of halogens is 4. The Morgan fingerprint density at radius 2 is 1.87 bits per heavy atom. The Hall–Kier alpha value is -4.70. The molecule has 2 aliphatic heterocycles. The van der Waals surface area contributed by atoms with Gasteiger partial charge >= 0.3 is 6.36 Å². The van der Waals surface area contributed by atoms with E-state index in [1.807, 2.05) is 0 Å². The molecule has 13 heteroatoms. The number of alkyl halides is 3. The molecule has 0 aromatic heterocycles. The maximum Gasteiger partial charge on any atom is 0.573 e. The van der Waals surface area contributed by atoms with Crippen molar-refractivity contribution < 1.29 is 45.4 Å². The molecule has 2 N–H and O–H groups in total. The summed E-state index contributed by atoms with van der Waals surface area (Å²) in [6, 6.07) is 11.4. The molecule has 0 bridgehead atoms. The Labute approximate surface area is 263 Å². The quantitative estimate of drug-likeness (QED) is 0.174. The fourth-order valence-electron chi connectivity index (χ4n) is 5.79. The van der Waals surface area contributed by atoms with E-state index in [1.165, 1.54) is 48.5 Å². The molecule has 0 radical (unpaired) electrons. The van der Waals surface area contributed by atoms with Crippen molar-refractivity contribution in [1.29, 1.82) is 0 Å². The number of carbonyl (C=O) groups is 1. The standard InChI is InChI=1S/C33H30F4N2O6S/c1-4-5-15-44-21-13-14-22(23(34)17-21)30-31-24(18-32(2,3)19-46(31,42)43)38-29-25(10-8-11-26(29)40)39(30)28(41)16-20-9-6-7-12-27(20)45-33(35,36)37/h6-14,17,30,38,40H,15-16,18-19H2,1-3H3. The summed E-state index contributed by atoms with van der Waals surface area (Å²) in [7, 11) is -4.21. The van der Waals surface area contributed by atoms with E-state index in [2.05, 4.69) is 21.9 Å². The smallest absolute Gasteiger partial charge is 0.506 e. The number of allylic oxidation sites excluding steroid dienone is 1. The molecule has 5 rings (SSSR count). The molecule has 0 saturated heterocycles. The topological polar surface area (TPSA) is 105 Å². The Kier molecular flexibility index (Phi) is 8.70. The molecule has 1 amide bonds. The van der Waals surface area contributed by atoms with Crippen molar-refractivity contribution in [3.05, 3.63) is 88.2 Å². The van der Waals surface area contributed by atoms with E-state index in [-0.39, 0.29) is 63.4 Å². The van der Waals surface area contributed by atoms with Gasteiger partial charge in [-0.2, -0.15) is 0 Å². The number of rotatable bonds is 6. The highest BCUT2D eigenvalue weighted by Crippen LogP contribution is 2.52. The number of aromatic hydroxyl groups is 1. The third kappa shape index (κ3) is 6.77. The van der Waals surface area contributed by atoms with E-state index >= 15 is 4.39 Å². The Morgan fingerprint density at radius 3 is 2.57 bits per heavy atom. The highest BCUT2D eigenvalue weighted by Gasteiger charge is 2.48. The van der Waals surface area contributed by atoms with Crippen LogP contribution in [0.5, 0.6) is 17.2 Å². The second-order valence-corrected chi connectivity index (χ2v) is 13.6. The fraction of sp³-hybridized carbons (Fsp3) is 0.303. The lowest BCUT2D eigenvalue weighted by molar-refractivity contribution is -0.274. The van der Waals surface area contributed by atoms with Crippen LogP contribution in [0.4, 0.5) is 28.9 Å². The molecule has 0 fully saturated rings. The average Bonchev–Trinajstić information content (AvgIpc) is 3.08. The predicted molar refractivity (Wildman–Crippen MR) is 163 cm³/mol. The number of fused-ring (bicyclic) bond motifs is 1. The van der Waals surface area contributed by atoms with Gasteiger partial charge in [-0.25, -0.2) is 12.8 Å². The molecule has 46 heavy (non-hydrogen) atoms. The lowest BCUT2D eigenvalue weighted by Crippen LogP contribution is -2.42. The third-order valence-corrected chi connectivity index (χ3v) is 9.80. The summed E-state index contributed by atoms with van der Waals surface area (Å²) in [5.41, 5.74) is -1.01. The summed E-state index contributed by atoms with van der Waals surface area (Å²) < 4.78 is 93.6. The zero-order chi connectivity index (χ0) is 33.4. The highest BCUT2D eigenvalue weighted by atomic mass is 32.2. The molecule has 0 aliphatic carbocycles. The van der Waals surface area contributed by atoms with E-state index in [0.717, 1.165) is 17.0 Å². The molecule has 3 aromatic carbocycles. The number of phenolic OH excluding ortho intramolecular Hbond substituents is 1. The van der Waals surface area contributed by atoms with E-state index < -0.39 is 51.6 Å². The average molecular weight is 659 g/mol. The minimum atomic E-state index is -5.05. The van der Waals surface area contributed by atoms with E-state index in [1.54, 1.807) is 20.8 Å². The van der Waals surface area contributed by atoms with Crippen LogP contribution in [-0.4, -0.2) is 38.2 Å². The van der Waals surface area contributed by atoms with E-state index in [9.17, 15) is 31.5 Å². The maximum absolute atomic E-state index is 16.1. The van der Waals surface area contributed by atoms with Crippen molar-refractivity contribution in [1.82, 2.24) is 0 Å². The number of hydrogen-bond acceptors (Lipinski definition) is 7. The van der Waals surface area contributed by atoms with Gasteiger partial charge in [0.1, 0.15) is 41.4 Å². The first-order valence-corrected chi connectivity index (χ1v) is 15.8. The number of anilines is 2. The number of phenols is 1. The molecular formula is C33H30F4N2O6S. The van der Waals surface area contributed by atoms with Crippen molar-refractivity contribution in [2.24, 2.45) is 5.41 Å². The van der Waals surface area contributed by atoms with Gasteiger partial charge in [0.05, 0.1) is 22.8 Å².